The molecule has 0 aromatic rings. The molecule has 0 saturated carbocycles. The van der Waals surface area contributed by atoms with Crippen molar-refractivity contribution in [2.45, 2.75) is 51.7 Å². The average molecular weight is 242 g/mol. The summed E-state index contributed by atoms with van der Waals surface area (Å²) in [6.45, 7) is 10.9. The predicted octanol–water partition coefficient (Wildman–Crippen LogP) is 1.60. The van der Waals surface area contributed by atoms with E-state index in [0.29, 0.717) is 6.42 Å². The first-order valence-electron chi connectivity index (χ1n) is 6.17. The molecule has 0 saturated heterocycles. The second kappa shape index (κ2) is 8.25. The van der Waals surface area contributed by atoms with Gasteiger partial charge in [-0.25, -0.2) is 0 Å². The lowest BCUT2D eigenvalue weighted by Crippen LogP contribution is -2.37. The molecule has 0 aliphatic rings. The summed E-state index contributed by atoms with van der Waals surface area (Å²) in [5, 5.41) is 3.20. The van der Waals surface area contributed by atoms with Gasteiger partial charge in [0.2, 0.25) is 0 Å². The quantitative estimate of drug-likeness (QED) is 0.385. The number of unbranched alkanes of at least 4 members (excludes halogenated alkanes) is 1. The first kappa shape index (κ1) is 16.1. The van der Waals surface area contributed by atoms with E-state index in [9.17, 15) is 4.79 Å². The average Bonchev–Trinajstić information content (AvgIpc) is 2.20. The highest BCUT2D eigenvalue weighted by atomic mass is 16.6. The Morgan fingerprint density at radius 1 is 1.47 bits per heavy atom. The van der Waals surface area contributed by atoms with Gasteiger partial charge in [-0.15, -0.1) is 6.58 Å². The van der Waals surface area contributed by atoms with E-state index in [1.807, 2.05) is 26.8 Å². The van der Waals surface area contributed by atoms with Gasteiger partial charge in [-0.2, -0.15) is 0 Å². The van der Waals surface area contributed by atoms with Crippen LogP contribution < -0.4 is 11.1 Å². The smallest absolute Gasteiger partial charge is 0.323 e. The Morgan fingerprint density at radius 2 is 2.12 bits per heavy atom. The van der Waals surface area contributed by atoms with E-state index in [2.05, 4.69) is 11.9 Å². The van der Waals surface area contributed by atoms with Gasteiger partial charge in [-0.3, -0.25) is 4.79 Å². The molecule has 0 spiro atoms. The van der Waals surface area contributed by atoms with Crippen LogP contribution in [0.1, 0.15) is 40.0 Å². The van der Waals surface area contributed by atoms with Crippen LogP contribution in [-0.2, 0) is 9.53 Å². The van der Waals surface area contributed by atoms with Gasteiger partial charge < -0.3 is 15.8 Å². The first-order valence-corrected chi connectivity index (χ1v) is 6.17. The van der Waals surface area contributed by atoms with Crippen LogP contribution in [0.5, 0.6) is 0 Å². The second-order valence-electron chi connectivity index (χ2n) is 5.13. The number of hydrogen-bond donors (Lipinski definition) is 2. The molecule has 100 valence electrons. The van der Waals surface area contributed by atoms with E-state index in [1.165, 1.54) is 0 Å². The Bertz CT molecular complexity index is 234. The minimum atomic E-state index is -0.506. The van der Waals surface area contributed by atoms with Gasteiger partial charge in [0, 0.05) is 6.54 Å². The number of carbonyl (C=O) groups is 1. The Kier molecular flexibility index (Phi) is 7.83. The van der Waals surface area contributed by atoms with Crippen molar-refractivity contribution in [3.05, 3.63) is 12.7 Å². The zero-order valence-electron chi connectivity index (χ0n) is 11.3. The van der Waals surface area contributed by atoms with E-state index in [0.717, 1.165) is 25.9 Å². The maximum Gasteiger partial charge on any atom is 0.323 e. The summed E-state index contributed by atoms with van der Waals surface area (Å²) < 4.78 is 5.20. The number of ether oxygens (including phenoxy) is 1. The molecule has 4 heteroatoms. The largest absolute Gasteiger partial charge is 0.459 e. The van der Waals surface area contributed by atoms with Crippen LogP contribution in [0.25, 0.3) is 0 Å². The summed E-state index contributed by atoms with van der Waals surface area (Å²) >= 11 is 0. The number of nitrogens with one attached hydrogen (secondary N) is 1. The molecule has 0 rings (SSSR count). The number of carbonyl (C=O) groups excluding carboxylic acids is 1. The van der Waals surface area contributed by atoms with Gasteiger partial charge in [0.05, 0.1) is 0 Å². The molecule has 3 N–H and O–H groups in total. The van der Waals surface area contributed by atoms with Gasteiger partial charge in [-0.1, -0.05) is 12.5 Å². The summed E-state index contributed by atoms with van der Waals surface area (Å²) in [5.41, 5.74) is 5.30. The molecule has 0 radical (unpaired) electrons. The second-order valence-corrected chi connectivity index (χ2v) is 5.13. The zero-order valence-corrected chi connectivity index (χ0v) is 11.3. The minimum Gasteiger partial charge on any atom is -0.459 e. The monoisotopic (exact) mass is 242 g/mol. The van der Waals surface area contributed by atoms with Crippen molar-refractivity contribution in [2.75, 3.05) is 13.1 Å². The van der Waals surface area contributed by atoms with Gasteiger partial charge >= 0.3 is 5.97 Å². The summed E-state index contributed by atoms with van der Waals surface area (Å²) in [5.74, 6) is -0.309. The summed E-state index contributed by atoms with van der Waals surface area (Å²) in [6.07, 6.45) is 4.42. The van der Waals surface area contributed by atoms with E-state index in [4.69, 9.17) is 10.5 Å². The highest BCUT2D eigenvalue weighted by Crippen LogP contribution is 2.10. The fourth-order valence-electron chi connectivity index (χ4n) is 1.31. The Balaban J connectivity index is 3.61. The normalized spacial score (nSPS) is 13.2. The van der Waals surface area contributed by atoms with Crippen LogP contribution in [0, 0.1) is 0 Å². The lowest BCUT2D eigenvalue weighted by Gasteiger charge is -2.22. The van der Waals surface area contributed by atoms with Gasteiger partial charge in [0.15, 0.2) is 0 Å². The maximum atomic E-state index is 11.5. The Hall–Kier alpha value is -0.870. The summed E-state index contributed by atoms with van der Waals surface area (Å²) in [4.78, 5) is 11.5. The van der Waals surface area contributed by atoms with Crippen molar-refractivity contribution in [1.29, 1.82) is 0 Å². The molecule has 4 nitrogen and oxygen atoms in total. The highest BCUT2D eigenvalue weighted by Gasteiger charge is 2.21. The van der Waals surface area contributed by atoms with Crippen molar-refractivity contribution in [2.24, 2.45) is 5.73 Å². The number of hydrogen-bond acceptors (Lipinski definition) is 4. The van der Waals surface area contributed by atoms with Crippen LogP contribution in [0.4, 0.5) is 0 Å². The van der Waals surface area contributed by atoms with Crippen LogP contribution in [0.3, 0.4) is 0 Å². The number of esters is 1. The van der Waals surface area contributed by atoms with Crippen LogP contribution >= 0.6 is 0 Å². The van der Waals surface area contributed by atoms with Crippen LogP contribution in [0.2, 0.25) is 0 Å². The van der Waals surface area contributed by atoms with E-state index >= 15 is 0 Å². The van der Waals surface area contributed by atoms with Crippen molar-refractivity contribution in [3.63, 3.8) is 0 Å². The third-order valence-corrected chi connectivity index (χ3v) is 2.12. The molecule has 0 aromatic heterocycles. The molecule has 0 aliphatic heterocycles. The lowest BCUT2D eigenvalue weighted by molar-refractivity contribution is -0.156. The van der Waals surface area contributed by atoms with Crippen LogP contribution in [-0.4, -0.2) is 30.7 Å². The molecule has 0 fully saturated rings. The molecule has 17 heavy (non-hydrogen) atoms. The fourth-order valence-corrected chi connectivity index (χ4v) is 1.31. The van der Waals surface area contributed by atoms with Gasteiger partial charge in [0.25, 0.3) is 0 Å². The molecular weight excluding hydrogens is 216 g/mol. The maximum absolute atomic E-state index is 11.5. The van der Waals surface area contributed by atoms with Gasteiger partial charge in [0.1, 0.15) is 11.6 Å². The molecule has 0 amide bonds. The highest BCUT2D eigenvalue weighted by molar-refractivity contribution is 5.75. The SMILES string of the molecule is C=CCNCCCCC(N)C(=O)OC(C)(C)C. The predicted molar refractivity (Wildman–Crippen MR) is 70.7 cm³/mol. The topological polar surface area (TPSA) is 64.3 Å². The third kappa shape index (κ3) is 10.0. The minimum absolute atomic E-state index is 0.309. The van der Waals surface area contributed by atoms with Crippen LogP contribution in [0.15, 0.2) is 12.7 Å². The molecule has 1 atom stereocenters. The fraction of sp³-hybridized carbons (Fsp3) is 0.769. The number of rotatable bonds is 8. The van der Waals surface area contributed by atoms with E-state index in [-0.39, 0.29) is 5.97 Å². The zero-order chi connectivity index (χ0) is 13.3. The van der Waals surface area contributed by atoms with Gasteiger partial charge in [-0.05, 0) is 40.2 Å². The third-order valence-electron chi connectivity index (χ3n) is 2.12. The number of nitrogens with two attached hydrogens (primary N) is 1. The Morgan fingerprint density at radius 3 is 2.65 bits per heavy atom. The van der Waals surface area contributed by atoms with Crippen molar-refractivity contribution < 1.29 is 9.53 Å². The lowest BCUT2D eigenvalue weighted by atomic mass is 10.1. The van der Waals surface area contributed by atoms with Crippen molar-refractivity contribution in [3.8, 4) is 0 Å². The Labute approximate surface area is 105 Å². The first-order chi connectivity index (χ1) is 7.87. The summed E-state index contributed by atoms with van der Waals surface area (Å²) in [7, 11) is 0. The van der Waals surface area contributed by atoms with Crippen molar-refractivity contribution >= 4 is 5.97 Å². The van der Waals surface area contributed by atoms with E-state index in [1.54, 1.807) is 0 Å². The standard InChI is InChI=1S/C13H26N2O2/c1-5-9-15-10-7-6-8-11(14)12(16)17-13(2,3)4/h5,11,15H,1,6-10,14H2,2-4H3. The summed E-state index contributed by atoms with van der Waals surface area (Å²) in [6, 6.07) is -0.506. The molecule has 1 unspecified atom stereocenters. The molecule has 0 aromatic carbocycles. The molecule has 0 aliphatic carbocycles. The van der Waals surface area contributed by atoms with E-state index < -0.39 is 11.6 Å². The van der Waals surface area contributed by atoms with Crippen molar-refractivity contribution in [1.82, 2.24) is 5.32 Å². The molecular formula is C13H26N2O2. The molecule has 0 bridgehead atoms. The molecule has 0 heterocycles.